The quantitative estimate of drug-likeness (QED) is 0.166. The Labute approximate surface area is 403 Å². The van der Waals surface area contributed by atoms with Gasteiger partial charge in [0.1, 0.15) is 0 Å². The maximum atomic E-state index is 2.68. The first-order valence-electron chi connectivity index (χ1n) is 25.0. The summed E-state index contributed by atoms with van der Waals surface area (Å²) < 4.78 is 2.66. The number of thiophene rings is 1. The highest BCUT2D eigenvalue weighted by atomic mass is 32.1. The van der Waals surface area contributed by atoms with Crippen molar-refractivity contribution in [2.24, 2.45) is 23.7 Å². The van der Waals surface area contributed by atoms with E-state index in [1.54, 1.807) is 11.1 Å². The molecule has 9 aromatic carbocycles. The molecule has 2 bridgehead atoms. The Balaban J connectivity index is 0.952. The van der Waals surface area contributed by atoms with Crippen LogP contribution in [0.25, 0.3) is 53.6 Å². The summed E-state index contributed by atoms with van der Waals surface area (Å²) in [5.41, 5.74) is 20.0. The SMILES string of the molecule is C[C@H]1C[C@@H]2C[C@@H]3C[C@H](C1)C21c2ccc(N(c4ccccc4)c4ccc(-c5ccccc5-c5cccc6sc7ccccc7c56)cc4)cc2C2(c4ccccc4-c4ccccc42)c2ccccc2C31. The summed E-state index contributed by atoms with van der Waals surface area (Å²) in [6.45, 7) is 2.54. The average Bonchev–Trinajstić information content (AvgIpc) is 4.10. The van der Waals surface area contributed by atoms with Crippen LogP contribution < -0.4 is 4.90 Å². The molecule has 1 heterocycles. The van der Waals surface area contributed by atoms with Crippen molar-refractivity contribution in [1.82, 2.24) is 0 Å². The molecule has 1 nitrogen and oxygen atoms in total. The third-order valence-electron chi connectivity index (χ3n) is 17.7. The fraction of sp³-hybridized carbons (Fsp3) is 0.182. The van der Waals surface area contributed by atoms with Gasteiger partial charge in [-0.05, 0) is 171 Å². The first kappa shape index (κ1) is 39.0. The minimum Gasteiger partial charge on any atom is -0.310 e. The molecule has 2 spiro atoms. The van der Waals surface area contributed by atoms with E-state index >= 15 is 0 Å². The van der Waals surface area contributed by atoms with E-state index in [0.29, 0.717) is 17.8 Å². The van der Waals surface area contributed by atoms with Crippen molar-refractivity contribution in [1.29, 1.82) is 0 Å². The second-order valence-corrected chi connectivity index (χ2v) is 21.9. The second kappa shape index (κ2) is 14.5. The van der Waals surface area contributed by atoms with Gasteiger partial charge in [0, 0.05) is 42.6 Å². The maximum absolute atomic E-state index is 2.68. The second-order valence-electron chi connectivity index (χ2n) is 20.8. The van der Waals surface area contributed by atoms with Crippen molar-refractivity contribution in [3.8, 4) is 33.4 Å². The first-order chi connectivity index (χ1) is 33.6. The zero-order valence-electron chi connectivity index (χ0n) is 38.3. The van der Waals surface area contributed by atoms with Gasteiger partial charge in [-0.2, -0.15) is 0 Å². The summed E-state index contributed by atoms with van der Waals surface area (Å²) >= 11 is 1.88. The van der Waals surface area contributed by atoms with Crippen LogP contribution in [0.4, 0.5) is 17.1 Å². The van der Waals surface area contributed by atoms with Crippen LogP contribution in [-0.2, 0) is 10.8 Å². The molecule has 3 fully saturated rings. The van der Waals surface area contributed by atoms with E-state index in [0.717, 1.165) is 23.2 Å². The molecule has 1 aromatic heterocycles. The fourth-order valence-corrected chi connectivity index (χ4v) is 16.8. The summed E-state index contributed by atoms with van der Waals surface area (Å²) in [4.78, 5) is 2.52. The first-order valence-corrected chi connectivity index (χ1v) is 25.8. The van der Waals surface area contributed by atoms with Gasteiger partial charge in [-0.3, -0.25) is 0 Å². The van der Waals surface area contributed by atoms with Crippen molar-refractivity contribution >= 4 is 48.6 Å². The largest absolute Gasteiger partial charge is 0.310 e. The Morgan fingerprint density at radius 2 is 1.00 bits per heavy atom. The molecule has 6 atom stereocenters. The molecule has 2 unspecified atom stereocenters. The molecule has 326 valence electrons. The molecule has 0 N–H and O–H groups in total. The highest BCUT2D eigenvalue weighted by Gasteiger charge is 2.70. The lowest BCUT2D eigenvalue weighted by molar-refractivity contribution is 0.0823. The number of hydrogen-bond donors (Lipinski definition) is 0. The smallest absolute Gasteiger partial charge is 0.0719 e. The van der Waals surface area contributed by atoms with Crippen molar-refractivity contribution in [2.45, 2.75) is 49.4 Å². The van der Waals surface area contributed by atoms with Gasteiger partial charge in [0.05, 0.1) is 5.41 Å². The zero-order chi connectivity index (χ0) is 44.7. The van der Waals surface area contributed by atoms with Crippen LogP contribution >= 0.6 is 11.3 Å². The maximum Gasteiger partial charge on any atom is 0.0719 e. The summed E-state index contributed by atoms with van der Waals surface area (Å²) in [6, 6.07) is 81.6. The van der Waals surface area contributed by atoms with E-state index in [-0.39, 0.29) is 5.41 Å². The van der Waals surface area contributed by atoms with Gasteiger partial charge in [0.25, 0.3) is 0 Å². The van der Waals surface area contributed by atoms with Crippen LogP contribution in [0.3, 0.4) is 0 Å². The van der Waals surface area contributed by atoms with Crippen LogP contribution in [0.15, 0.2) is 212 Å². The molecule has 10 aromatic rings. The Morgan fingerprint density at radius 1 is 0.426 bits per heavy atom. The molecule has 15 rings (SSSR count). The van der Waals surface area contributed by atoms with E-state index in [2.05, 4.69) is 224 Å². The van der Waals surface area contributed by atoms with E-state index < -0.39 is 5.41 Å². The van der Waals surface area contributed by atoms with E-state index in [4.69, 9.17) is 0 Å². The van der Waals surface area contributed by atoms with Gasteiger partial charge in [0.2, 0.25) is 0 Å². The van der Waals surface area contributed by atoms with Gasteiger partial charge in [-0.15, -0.1) is 11.3 Å². The fourth-order valence-electron chi connectivity index (χ4n) is 15.7. The number of rotatable bonds is 5. The molecule has 0 saturated heterocycles. The molecule has 3 saturated carbocycles. The number of hydrogen-bond acceptors (Lipinski definition) is 2. The molecule has 5 aliphatic rings. The monoisotopic (exact) mass is 889 g/mol. The highest BCUT2D eigenvalue weighted by molar-refractivity contribution is 7.25. The molecule has 2 heteroatoms. The predicted octanol–water partition coefficient (Wildman–Crippen LogP) is 17.6. The van der Waals surface area contributed by atoms with Crippen molar-refractivity contribution in [2.75, 3.05) is 4.90 Å². The zero-order valence-corrected chi connectivity index (χ0v) is 39.1. The molecular formula is C66H51NS. The van der Waals surface area contributed by atoms with E-state index in [9.17, 15) is 0 Å². The van der Waals surface area contributed by atoms with Gasteiger partial charge in [-0.1, -0.05) is 171 Å². The number of anilines is 3. The van der Waals surface area contributed by atoms with Gasteiger partial charge < -0.3 is 4.90 Å². The third-order valence-corrected chi connectivity index (χ3v) is 18.9. The van der Waals surface area contributed by atoms with Crippen molar-refractivity contribution in [3.63, 3.8) is 0 Å². The minimum absolute atomic E-state index is 0.114. The summed E-state index contributed by atoms with van der Waals surface area (Å²) in [5.74, 6) is 3.38. The van der Waals surface area contributed by atoms with Crippen molar-refractivity contribution in [3.05, 3.63) is 246 Å². The molecule has 5 aliphatic carbocycles. The van der Waals surface area contributed by atoms with E-state index in [1.165, 1.54) is 107 Å². The molecular weight excluding hydrogens is 839 g/mol. The van der Waals surface area contributed by atoms with Crippen molar-refractivity contribution < 1.29 is 0 Å². The number of para-hydroxylation sites is 1. The van der Waals surface area contributed by atoms with Crippen LogP contribution in [-0.4, -0.2) is 0 Å². The molecule has 0 radical (unpaired) electrons. The van der Waals surface area contributed by atoms with Crippen LogP contribution in [0, 0.1) is 23.7 Å². The van der Waals surface area contributed by atoms with Gasteiger partial charge in [-0.25, -0.2) is 0 Å². The van der Waals surface area contributed by atoms with E-state index in [1.807, 2.05) is 11.3 Å². The number of benzene rings is 9. The molecule has 0 amide bonds. The van der Waals surface area contributed by atoms with Crippen LogP contribution in [0.1, 0.15) is 71.9 Å². The minimum atomic E-state index is -0.458. The number of nitrogens with zero attached hydrogens (tertiary/aromatic N) is 1. The lowest BCUT2D eigenvalue weighted by Crippen LogP contribution is -2.46. The molecule has 68 heavy (non-hydrogen) atoms. The Kier molecular flexibility index (Phi) is 8.33. The van der Waals surface area contributed by atoms with Gasteiger partial charge >= 0.3 is 0 Å². The van der Waals surface area contributed by atoms with Crippen LogP contribution in [0.5, 0.6) is 0 Å². The third kappa shape index (κ3) is 5.11. The number of fused-ring (bicyclic) bond motifs is 12. The van der Waals surface area contributed by atoms with Gasteiger partial charge in [0.15, 0.2) is 0 Å². The lowest BCUT2D eigenvalue weighted by Gasteiger charge is -2.51. The Morgan fingerprint density at radius 3 is 1.75 bits per heavy atom. The summed E-state index contributed by atoms with van der Waals surface area (Å²) in [6.07, 6.45) is 5.37. The average molecular weight is 890 g/mol. The Hall–Kier alpha value is -7.00. The standard InChI is InChI=1S/C66H51NS/c1-41-36-44-38-43-39-45(37-41)65(44)59-35-34-48(40-60(59)66(58-27-13-9-22-54(58)64(43)65)56-25-11-7-20-51(56)52-21-8-12-26-57(52)66)67(46-16-3-2-4-17-46)47-32-30-42(31-33-47)49-18-5-6-19-50(49)53-24-15-29-62-63(53)55-23-10-14-28-61(55)68-62/h2-35,40-41,43-45,64H,36-39H2,1H3/t41-,43+,44+,45-,64?,65?. The summed E-state index contributed by atoms with van der Waals surface area (Å²) in [5, 5.41) is 2.68. The lowest BCUT2D eigenvalue weighted by atomic mass is 9.53. The predicted molar refractivity (Wildman–Crippen MR) is 285 cm³/mol. The van der Waals surface area contributed by atoms with Crippen LogP contribution in [0.2, 0.25) is 0 Å². The summed E-state index contributed by atoms with van der Waals surface area (Å²) in [7, 11) is 0. The topological polar surface area (TPSA) is 3.24 Å². The molecule has 0 aliphatic heterocycles. The highest BCUT2D eigenvalue weighted by Crippen LogP contribution is 2.77. The normalized spacial score (nSPS) is 23.2. The Bertz CT molecular complexity index is 3590.